The van der Waals surface area contributed by atoms with Crippen LogP contribution in [-0.2, 0) is 4.74 Å². The summed E-state index contributed by atoms with van der Waals surface area (Å²) in [6, 6.07) is 7.81. The number of hydrogen-bond acceptors (Lipinski definition) is 8. The van der Waals surface area contributed by atoms with Crippen molar-refractivity contribution < 1.29 is 4.74 Å². The number of hydrogen-bond donors (Lipinski definition) is 2. The van der Waals surface area contributed by atoms with Crippen LogP contribution in [0, 0.1) is 6.92 Å². The Morgan fingerprint density at radius 1 is 1.05 bits per heavy atom. The van der Waals surface area contributed by atoms with Crippen molar-refractivity contribution in [3.63, 3.8) is 0 Å². The number of fused-ring (bicyclic) bond motifs is 1. The maximum atomic E-state index is 14.1. The molecule has 196 valence electrons. The van der Waals surface area contributed by atoms with Gasteiger partial charge in [-0.25, -0.2) is 9.97 Å². The highest BCUT2D eigenvalue weighted by Crippen LogP contribution is 2.34. The zero-order valence-corrected chi connectivity index (χ0v) is 22.0. The summed E-state index contributed by atoms with van der Waals surface area (Å²) in [6.07, 6.45) is 9.46. The average Bonchev–Trinajstić information content (AvgIpc) is 3.42. The van der Waals surface area contributed by atoms with E-state index in [1.165, 1.54) is 0 Å². The van der Waals surface area contributed by atoms with Gasteiger partial charge in [0, 0.05) is 58.2 Å². The summed E-state index contributed by atoms with van der Waals surface area (Å²) >= 11 is 6.79. The lowest BCUT2D eigenvalue weighted by atomic mass is 9.91. The lowest BCUT2D eigenvalue weighted by Gasteiger charge is -2.29. The second-order valence-corrected chi connectivity index (χ2v) is 10.6. The van der Waals surface area contributed by atoms with Gasteiger partial charge in [-0.3, -0.25) is 14.3 Å². The van der Waals surface area contributed by atoms with Gasteiger partial charge in [0.25, 0.3) is 5.56 Å². The van der Waals surface area contributed by atoms with E-state index in [0.717, 1.165) is 61.0 Å². The van der Waals surface area contributed by atoms with Crippen LogP contribution in [0.25, 0.3) is 33.4 Å². The highest BCUT2D eigenvalue weighted by molar-refractivity contribution is 6.33. The molecular weight excluding hydrogens is 502 g/mol. The SMILES string of the molecule is Cc1cncc(-c2ccc(-c3cc4cnc(NC5CCOC5)nc4n(C4CCC(N)CC4)c3=O)c(Cl)c2)n1. The van der Waals surface area contributed by atoms with Gasteiger partial charge in [-0.1, -0.05) is 23.7 Å². The first-order valence-electron chi connectivity index (χ1n) is 13.1. The zero-order chi connectivity index (χ0) is 26.2. The van der Waals surface area contributed by atoms with E-state index in [2.05, 4.69) is 20.3 Å². The first-order valence-corrected chi connectivity index (χ1v) is 13.4. The van der Waals surface area contributed by atoms with Gasteiger partial charge in [-0.15, -0.1) is 0 Å². The molecule has 1 aromatic carbocycles. The van der Waals surface area contributed by atoms with Crippen LogP contribution in [0.2, 0.25) is 5.02 Å². The third-order valence-corrected chi connectivity index (χ3v) is 7.77. The molecule has 0 amide bonds. The predicted molar refractivity (Wildman–Crippen MR) is 148 cm³/mol. The molecule has 9 nitrogen and oxygen atoms in total. The first-order chi connectivity index (χ1) is 18.5. The molecule has 0 radical (unpaired) electrons. The Morgan fingerprint density at radius 2 is 1.89 bits per heavy atom. The summed E-state index contributed by atoms with van der Waals surface area (Å²) in [5.74, 6) is 0.503. The van der Waals surface area contributed by atoms with E-state index >= 15 is 0 Å². The Morgan fingerprint density at radius 3 is 2.63 bits per heavy atom. The second kappa shape index (κ2) is 10.4. The van der Waals surface area contributed by atoms with E-state index in [9.17, 15) is 4.79 Å². The number of rotatable bonds is 5. The predicted octanol–water partition coefficient (Wildman–Crippen LogP) is 4.52. The van der Waals surface area contributed by atoms with Crippen molar-refractivity contribution in [2.24, 2.45) is 5.73 Å². The zero-order valence-electron chi connectivity index (χ0n) is 21.2. The van der Waals surface area contributed by atoms with Crippen LogP contribution in [-0.4, -0.2) is 49.8 Å². The van der Waals surface area contributed by atoms with E-state index in [1.807, 2.05) is 35.8 Å². The summed E-state index contributed by atoms with van der Waals surface area (Å²) in [6.45, 7) is 3.24. The number of aryl methyl sites for hydroxylation is 1. The van der Waals surface area contributed by atoms with Gasteiger partial charge in [0.1, 0.15) is 5.65 Å². The summed E-state index contributed by atoms with van der Waals surface area (Å²) in [5.41, 5.74) is 10.3. The monoisotopic (exact) mass is 531 g/mol. The van der Waals surface area contributed by atoms with Crippen molar-refractivity contribution in [3.05, 3.63) is 63.9 Å². The molecule has 1 aliphatic heterocycles. The van der Waals surface area contributed by atoms with Gasteiger partial charge < -0.3 is 15.8 Å². The molecule has 4 aromatic rings. The van der Waals surface area contributed by atoms with Crippen molar-refractivity contribution in [1.29, 1.82) is 0 Å². The Labute approximate surface area is 225 Å². The van der Waals surface area contributed by atoms with Crippen molar-refractivity contribution in [1.82, 2.24) is 24.5 Å². The fourth-order valence-corrected chi connectivity index (χ4v) is 5.69. The van der Waals surface area contributed by atoms with Crippen LogP contribution in [0.1, 0.15) is 43.8 Å². The maximum absolute atomic E-state index is 14.1. The van der Waals surface area contributed by atoms with Crippen LogP contribution < -0.4 is 16.6 Å². The summed E-state index contributed by atoms with van der Waals surface area (Å²) in [4.78, 5) is 32.3. The molecule has 0 bridgehead atoms. The number of halogens is 1. The van der Waals surface area contributed by atoms with E-state index in [0.29, 0.717) is 34.4 Å². The topological polar surface area (TPSA) is 121 Å². The number of pyridine rings is 1. The molecule has 38 heavy (non-hydrogen) atoms. The summed E-state index contributed by atoms with van der Waals surface area (Å²) in [5, 5.41) is 4.61. The number of anilines is 1. The summed E-state index contributed by atoms with van der Waals surface area (Å²) in [7, 11) is 0. The molecule has 2 fully saturated rings. The third kappa shape index (κ3) is 4.89. The number of aromatic nitrogens is 5. The molecule has 10 heteroatoms. The molecule has 3 N–H and O–H groups in total. The molecule has 0 spiro atoms. The Hall–Kier alpha value is -3.40. The van der Waals surface area contributed by atoms with Crippen molar-refractivity contribution in [2.45, 2.75) is 57.2 Å². The largest absolute Gasteiger partial charge is 0.379 e. The molecule has 3 aromatic heterocycles. The van der Waals surface area contributed by atoms with E-state index in [4.69, 9.17) is 27.1 Å². The maximum Gasteiger partial charge on any atom is 0.260 e. The second-order valence-electron chi connectivity index (χ2n) is 10.2. The molecular formula is C28H30ClN7O2. The van der Waals surface area contributed by atoms with Crippen molar-refractivity contribution in [3.8, 4) is 22.4 Å². The number of benzene rings is 1. The minimum atomic E-state index is -0.114. The standard InChI is InChI=1S/C28H30ClN7O2/c1-16-12-31-14-25(33-16)17-2-7-22(24(29)11-17)23-10-18-13-32-28(34-20-8-9-38-15-20)35-26(18)36(27(23)37)21-5-3-19(30)4-6-21/h2,7,10-14,19-21H,3-6,8-9,15,30H2,1H3,(H,32,34,35). The summed E-state index contributed by atoms with van der Waals surface area (Å²) < 4.78 is 7.32. The fraction of sp³-hybridized carbons (Fsp3) is 0.393. The molecule has 1 saturated carbocycles. The highest BCUT2D eigenvalue weighted by atomic mass is 35.5. The first kappa shape index (κ1) is 24.9. The molecule has 1 saturated heterocycles. The quantitative estimate of drug-likeness (QED) is 0.385. The molecule has 4 heterocycles. The molecule has 1 unspecified atom stereocenters. The van der Waals surface area contributed by atoms with E-state index < -0.39 is 0 Å². The normalized spacial score (nSPS) is 21.6. The average molecular weight is 532 g/mol. The van der Waals surface area contributed by atoms with Crippen molar-refractivity contribution >= 4 is 28.6 Å². The number of ether oxygens (including phenoxy) is 1. The smallest absolute Gasteiger partial charge is 0.260 e. The Kier molecular flexibility index (Phi) is 6.82. The molecule has 1 aliphatic carbocycles. The van der Waals surface area contributed by atoms with Crippen LogP contribution in [0.5, 0.6) is 0 Å². The van der Waals surface area contributed by atoms with Gasteiger partial charge in [0.2, 0.25) is 5.95 Å². The van der Waals surface area contributed by atoms with Gasteiger partial charge in [0.05, 0.1) is 30.2 Å². The van der Waals surface area contributed by atoms with E-state index in [-0.39, 0.29) is 23.7 Å². The van der Waals surface area contributed by atoms with Gasteiger partial charge in [-0.2, -0.15) is 4.98 Å². The lowest BCUT2D eigenvalue weighted by Crippen LogP contribution is -2.33. The van der Waals surface area contributed by atoms with Crippen LogP contribution in [0.15, 0.2) is 47.7 Å². The van der Waals surface area contributed by atoms with Gasteiger partial charge in [0.15, 0.2) is 0 Å². The third-order valence-electron chi connectivity index (χ3n) is 7.45. The van der Waals surface area contributed by atoms with E-state index in [1.54, 1.807) is 18.6 Å². The Bertz CT molecular complexity index is 1540. The van der Waals surface area contributed by atoms with Gasteiger partial charge in [-0.05, 0) is 51.2 Å². The van der Waals surface area contributed by atoms with Crippen LogP contribution >= 0.6 is 11.6 Å². The van der Waals surface area contributed by atoms with Crippen molar-refractivity contribution in [2.75, 3.05) is 18.5 Å². The molecule has 2 aliphatic rings. The molecule has 6 rings (SSSR count). The Balaban J connectivity index is 1.46. The minimum Gasteiger partial charge on any atom is -0.379 e. The lowest BCUT2D eigenvalue weighted by molar-refractivity contribution is 0.195. The number of nitrogens with zero attached hydrogens (tertiary/aromatic N) is 5. The highest BCUT2D eigenvalue weighted by Gasteiger charge is 2.26. The number of nitrogens with one attached hydrogen (secondary N) is 1. The number of nitrogens with two attached hydrogens (primary N) is 1. The van der Waals surface area contributed by atoms with Crippen LogP contribution in [0.4, 0.5) is 5.95 Å². The fourth-order valence-electron chi connectivity index (χ4n) is 5.41. The minimum absolute atomic E-state index is 0.00271. The van der Waals surface area contributed by atoms with Gasteiger partial charge >= 0.3 is 0 Å². The molecule has 1 atom stereocenters. The van der Waals surface area contributed by atoms with Crippen LogP contribution in [0.3, 0.4) is 0 Å².